The van der Waals surface area contributed by atoms with Crippen LogP contribution in [0.5, 0.6) is 11.5 Å². The largest absolute Gasteiger partial charge is 0.454 e. The molecule has 1 aromatic carbocycles. The Kier molecular flexibility index (Phi) is 3.62. The van der Waals surface area contributed by atoms with Crippen molar-refractivity contribution in [1.82, 2.24) is 5.32 Å². The van der Waals surface area contributed by atoms with Crippen molar-refractivity contribution in [3.63, 3.8) is 0 Å². The van der Waals surface area contributed by atoms with Gasteiger partial charge in [-0.05, 0) is 24.3 Å². The molecular weight excluding hydrogens is 362 g/mol. The van der Waals surface area contributed by atoms with Crippen LogP contribution < -0.4 is 19.7 Å². The van der Waals surface area contributed by atoms with E-state index in [0.717, 1.165) is 17.0 Å². The topological polar surface area (TPSA) is 141 Å². The van der Waals surface area contributed by atoms with Gasteiger partial charge >= 0.3 is 11.9 Å². The molecule has 0 atom stereocenters. The van der Waals surface area contributed by atoms with Gasteiger partial charge in [-0.25, -0.2) is 9.69 Å². The Hall–Kier alpha value is -4.15. The molecule has 4 amide bonds. The van der Waals surface area contributed by atoms with Gasteiger partial charge in [-0.1, -0.05) is 0 Å². The Bertz CT molecular complexity index is 1040. The van der Waals surface area contributed by atoms with Gasteiger partial charge in [0.2, 0.25) is 6.79 Å². The van der Waals surface area contributed by atoms with Gasteiger partial charge in [0.15, 0.2) is 11.5 Å². The van der Waals surface area contributed by atoms with Gasteiger partial charge in [-0.3, -0.25) is 25.0 Å². The Morgan fingerprint density at radius 1 is 1.11 bits per heavy atom. The highest BCUT2D eigenvalue weighted by atomic mass is 16.7. The molecule has 1 fully saturated rings. The number of carbonyl (C=O) groups is 3. The first-order valence-corrected chi connectivity index (χ1v) is 7.49. The van der Waals surface area contributed by atoms with E-state index in [1.165, 1.54) is 24.3 Å². The van der Waals surface area contributed by atoms with Crippen LogP contribution in [0.4, 0.5) is 16.4 Å². The van der Waals surface area contributed by atoms with Crippen LogP contribution in [0.15, 0.2) is 40.3 Å². The quantitative estimate of drug-likeness (QED) is 0.371. The van der Waals surface area contributed by atoms with Crippen LogP contribution in [0.1, 0.15) is 5.76 Å². The number of fused-ring (bicyclic) bond motifs is 1. The molecule has 0 bridgehead atoms. The minimum Gasteiger partial charge on any atom is -0.454 e. The standard InChI is InChI=1S/C16H9N3O8/c20-14-10(6-9-2-4-13(27-9)19(23)24)15(21)18(16(22)17-14)8-1-3-11-12(5-8)26-7-25-11/h1-6H,7H2,(H,17,20,22)/b10-6+. The molecule has 27 heavy (non-hydrogen) atoms. The minimum atomic E-state index is -0.943. The van der Waals surface area contributed by atoms with E-state index < -0.39 is 34.2 Å². The number of benzene rings is 1. The Morgan fingerprint density at radius 3 is 2.63 bits per heavy atom. The first-order chi connectivity index (χ1) is 12.9. The van der Waals surface area contributed by atoms with Crippen LogP contribution in [-0.2, 0) is 9.59 Å². The first-order valence-electron chi connectivity index (χ1n) is 7.49. The number of nitrogens with one attached hydrogen (secondary N) is 1. The fraction of sp³-hybridized carbons (Fsp3) is 0.0625. The molecule has 1 N–H and O–H groups in total. The number of furan rings is 1. The van der Waals surface area contributed by atoms with E-state index in [-0.39, 0.29) is 18.2 Å². The Labute approximate surface area is 149 Å². The lowest BCUT2D eigenvalue weighted by Gasteiger charge is -2.26. The molecule has 1 saturated heterocycles. The summed E-state index contributed by atoms with van der Waals surface area (Å²) in [5, 5.41) is 12.7. The number of nitro groups is 1. The molecule has 0 saturated carbocycles. The van der Waals surface area contributed by atoms with Crippen LogP contribution in [0.3, 0.4) is 0 Å². The number of imide groups is 2. The van der Waals surface area contributed by atoms with Crippen molar-refractivity contribution in [2.75, 3.05) is 11.7 Å². The first kappa shape index (κ1) is 16.3. The highest BCUT2D eigenvalue weighted by Gasteiger charge is 2.37. The minimum absolute atomic E-state index is 0.0137. The normalized spacial score (nSPS) is 17.4. The summed E-state index contributed by atoms with van der Waals surface area (Å²) in [6.07, 6.45) is 1.02. The van der Waals surface area contributed by atoms with Gasteiger partial charge in [0, 0.05) is 6.07 Å². The van der Waals surface area contributed by atoms with Gasteiger partial charge in [0.05, 0.1) is 11.8 Å². The molecule has 0 unspecified atom stereocenters. The van der Waals surface area contributed by atoms with Gasteiger partial charge in [0.25, 0.3) is 11.8 Å². The third-order valence-electron chi connectivity index (χ3n) is 3.80. The fourth-order valence-corrected chi connectivity index (χ4v) is 2.58. The maximum Gasteiger partial charge on any atom is 0.433 e. The second kappa shape index (κ2) is 5.98. The highest BCUT2D eigenvalue weighted by molar-refractivity contribution is 6.39. The van der Waals surface area contributed by atoms with Crippen LogP contribution >= 0.6 is 0 Å². The van der Waals surface area contributed by atoms with E-state index in [9.17, 15) is 24.5 Å². The van der Waals surface area contributed by atoms with E-state index in [4.69, 9.17) is 13.9 Å². The van der Waals surface area contributed by atoms with E-state index in [2.05, 4.69) is 0 Å². The molecule has 2 aliphatic heterocycles. The number of urea groups is 1. The maximum atomic E-state index is 12.7. The summed E-state index contributed by atoms with van der Waals surface area (Å²) in [6, 6.07) is 5.77. The van der Waals surface area contributed by atoms with Crippen molar-refractivity contribution in [3.05, 3.63) is 51.8 Å². The lowest BCUT2D eigenvalue weighted by Crippen LogP contribution is -2.54. The molecule has 0 radical (unpaired) electrons. The molecule has 0 spiro atoms. The van der Waals surface area contributed by atoms with E-state index >= 15 is 0 Å². The van der Waals surface area contributed by atoms with Gasteiger partial charge in [-0.15, -0.1) is 0 Å². The summed E-state index contributed by atoms with van der Waals surface area (Å²) in [4.78, 5) is 47.6. The number of rotatable bonds is 3. The smallest absolute Gasteiger partial charge is 0.433 e. The second-order valence-corrected chi connectivity index (χ2v) is 5.43. The van der Waals surface area contributed by atoms with Gasteiger partial charge in [0.1, 0.15) is 16.3 Å². The summed E-state index contributed by atoms with van der Waals surface area (Å²) >= 11 is 0. The molecule has 1 aromatic heterocycles. The predicted octanol–water partition coefficient (Wildman–Crippen LogP) is 1.58. The Morgan fingerprint density at radius 2 is 1.89 bits per heavy atom. The molecule has 2 aromatic rings. The third kappa shape index (κ3) is 2.76. The van der Waals surface area contributed by atoms with Crippen molar-refractivity contribution in [1.29, 1.82) is 0 Å². The molecule has 3 heterocycles. The summed E-state index contributed by atoms with van der Waals surface area (Å²) in [5.74, 6) is -1.69. The lowest BCUT2D eigenvalue weighted by molar-refractivity contribution is -0.402. The van der Waals surface area contributed by atoms with E-state index in [1.807, 2.05) is 5.32 Å². The van der Waals surface area contributed by atoms with Crippen LogP contribution in [-0.4, -0.2) is 29.6 Å². The maximum absolute atomic E-state index is 12.7. The number of hydrogen-bond donors (Lipinski definition) is 1. The Balaban J connectivity index is 1.70. The van der Waals surface area contributed by atoms with Gasteiger partial charge < -0.3 is 13.9 Å². The number of hydrogen-bond acceptors (Lipinski definition) is 8. The zero-order valence-electron chi connectivity index (χ0n) is 13.3. The summed E-state index contributed by atoms with van der Waals surface area (Å²) in [6.45, 7) is 0.0137. The van der Waals surface area contributed by atoms with Gasteiger partial charge in [-0.2, -0.15) is 0 Å². The number of ether oxygens (including phenoxy) is 2. The second-order valence-electron chi connectivity index (χ2n) is 5.43. The molecule has 11 nitrogen and oxygen atoms in total. The molecule has 0 aliphatic carbocycles. The van der Waals surface area contributed by atoms with Crippen molar-refractivity contribution in [3.8, 4) is 11.5 Å². The van der Waals surface area contributed by atoms with Crippen LogP contribution in [0, 0.1) is 10.1 Å². The third-order valence-corrected chi connectivity index (χ3v) is 3.80. The van der Waals surface area contributed by atoms with Crippen LogP contribution in [0.2, 0.25) is 0 Å². The average molecular weight is 371 g/mol. The van der Waals surface area contributed by atoms with Crippen molar-refractivity contribution >= 4 is 35.5 Å². The molecule has 4 rings (SSSR count). The fourth-order valence-electron chi connectivity index (χ4n) is 2.58. The summed E-state index contributed by atoms with van der Waals surface area (Å²) in [7, 11) is 0. The number of amides is 4. The van der Waals surface area contributed by atoms with Crippen molar-refractivity contribution in [2.24, 2.45) is 0 Å². The molecular formula is C16H9N3O8. The van der Waals surface area contributed by atoms with Crippen molar-refractivity contribution in [2.45, 2.75) is 0 Å². The van der Waals surface area contributed by atoms with Crippen molar-refractivity contribution < 1.29 is 33.2 Å². The van der Waals surface area contributed by atoms with E-state index in [0.29, 0.717) is 11.5 Å². The molecule has 136 valence electrons. The highest BCUT2D eigenvalue weighted by Crippen LogP contribution is 2.36. The molecule has 2 aliphatic rings. The molecule has 11 heteroatoms. The predicted molar refractivity (Wildman–Crippen MR) is 86.9 cm³/mol. The average Bonchev–Trinajstić information content (AvgIpc) is 3.27. The summed E-state index contributed by atoms with van der Waals surface area (Å²) in [5.41, 5.74) is -0.262. The number of anilines is 1. The zero-order chi connectivity index (χ0) is 19.1. The SMILES string of the molecule is O=C1NC(=O)N(c2ccc3c(c2)OCO3)C(=O)/C1=C/c1ccc([N+](=O)[O-])o1. The van der Waals surface area contributed by atoms with Crippen LogP contribution in [0.25, 0.3) is 6.08 Å². The lowest BCUT2D eigenvalue weighted by atomic mass is 10.1. The summed E-state index contributed by atoms with van der Waals surface area (Å²) < 4.78 is 15.3. The monoisotopic (exact) mass is 371 g/mol. The zero-order valence-corrected chi connectivity index (χ0v) is 13.3. The number of carbonyl (C=O) groups excluding carboxylic acids is 3. The number of nitrogens with zero attached hydrogens (tertiary/aromatic N) is 2. The van der Waals surface area contributed by atoms with E-state index in [1.54, 1.807) is 0 Å². The number of barbiturate groups is 1.